The second-order valence-corrected chi connectivity index (χ2v) is 16.0. The van der Waals surface area contributed by atoms with Gasteiger partial charge < -0.3 is 0 Å². The molecule has 176 valence electrons. The molecule has 2 aliphatic rings. The zero-order valence-electron chi connectivity index (χ0n) is 20.9. The van der Waals surface area contributed by atoms with Crippen molar-refractivity contribution in [1.82, 2.24) is 0 Å². The number of nitrogens with one attached hydrogen (secondary N) is 1. The maximum absolute atomic E-state index is 13.6. The Balaban J connectivity index is 2.13. The van der Waals surface area contributed by atoms with Crippen molar-refractivity contribution in [2.75, 3.05) is 6.16 Å². The lowest BCUT2D eigenvalue weighted by atomic mass is 9.63. The predicted octanol–water partition coefficient (Wildman–Crippen LogP) is 7.30. The first-order valence-electron chi connectivity index (χ1n) is 13.0. The highest BCUT2D eigenvalue weighted by Crippen LogP contribution is 2.50. The Labute approximate surface area is 199 Å². The van der Waals surface area contributed by atoms with Crippen molar-refractivity contribution in [3.05, 3.63) is 0 Å². The van der Waals surface area contributed by atoms with Crippen LogP contribution in [0.25, 0.3) is 0 Å². The van der Waals surface area contributed by atoms with Gasteiger partial charge in [0.25, 0.3) is 0 Å². The van der Waals surface area contributed by atoms with Crippen LogP contribution in [0.4, 0.5) is 0 Å². The zero-order chi connectivity index (χ0) is 23.1. The van der Waals surface area contributed by atoms with E-state index in [1.807, 2.05) is 6.92 Å². The Bertz CT molecular complexity index is 637. The fraction of sp³-hybridized carbons (Fsp3) is 1.00. The highest BCUT2D eigenvalue weighted by Gasteiger charge is 2.44. The smallest absolute Gasteiger partial charge is 0.0937 e. The van der Waals surface area contributed by atoms with E-state index in [4.69, 9.17) is 20.5 Å². The molecule has 0 amide bonds. The molecule has 6 heteroatoms. The molecule has 2 fully saturated rings. The summed E-state index contributed by atoms with van der Waals surface area (Å²) in [7, 11) is 10.5. The fourth-order valence-corrected chi connectivity index (χ4v) is 10.7. The number of hydrogen-bond donors (Lipinski definition) is 1. The second-order valence-electron chi connectivity index (χ2n) is 11.6. The maximum Gasteiger partial charge on any atom is 0.0937 e. The van der Waals surface area contributed by atoms with Crippen molar-refractivity contribution < 1.29 is 4.21 Å². The number of unbranched alkanes of at least 4 members (excludes halogenated alkanes) is 5. The molecule has 31 heavy (non-hydrogen) atoms. The molecule has 1 saturated heterocycles. The molecule has 1 N–H and O–H groups in total. The van der Waals surface area contributed by atoms with Crippen molar-refractivity contribution in [1.29, 1.82) is 4.78 Å². The SMILES string of the molecule is [B]CC1CPC2CCCC(CCCCCCCC)CC(C2)C(C)(C)CC([B])(C)S1(=N)=O. The molecule has 4 radical (unpaired) electrons. The van der Waals surface area contributed by atoms with E-state index in [9.17, 15) is 4.21 Å². The molecule has 0 aromatic rings. The van der Waals surface area contributed by atoms with Crippen LogP contribution in [0.5, 0.6) is 0 Å². The molecule has 2 nitrogen and oxygen atoms in total. The van der Waals surface area contributed by atoms with Gasteiger partial charge in [0.05, 0.1) is 15.7 Å². The van der Waals surface area contributed by atoms with E-state index < -0.39 is 14.4 Å². The lowest BCUT2D eigenvalue weighted by Crippen LogP contribution is -2.48. The van der Waals surface area contributed by atoms with E-state index in [0.717, 1.165) is 20.7 Å². The highest BCUT2D eigenvalue weighted by molar-refractivity contribution is 7.95. The standard InChI is InChI=1S/C25H48B2NOPS/c1-5-6-7-8-9-10-12-20-13-11-14-22-16-21(15-20)24(2,3)19-25(4,27)31(28,29)23(17-26)18-30-22/h20-23,28,30H,5-19H2,1-4H3. The largest absolute Gasteiger partial charge is 0.253 e. The molecule has 7 unspecified atom stereocenters. The van der Waals surface area contributed by atoms with Crippen LogP contribution in [0.3, 0.4) is 0 Å². The number of rotatable bonds is 8. The normalized spacial score (nSPS) is 40.1. The lowest BCUT2D eigenvalue weighted by Gasteiger charge is -2.47. The van der Waals surface area contributed by atoms with Gasteiger partial charge in [-0.05, 0) is 54.8 Å². The highest BCUT2D eigenvalue weighted by atomic mass is 32.2. The summed E-state index contributed by atoms with van der Waals surface area (Å²) in [5.41, 5.74) is 0.717. The van der Waals surface area contributed by atoms with E-state index in [1.165, 1.54) is 77.0 Å². The fourth-order valence-electron chi connectivity index (χ4n) is 6.20. The van der Waals surface area contributed by atoms with E-state index in [1.54, 1.807) is 0 Å². The quantitative estimate of drug-likeness (QED) is 0.229. The van der Waals surface area contributed by atoms with Crippen molar-refractivity contribution in [3.63, 3.8) is 0 Å². The van der Waals surface area contributed by atoms with Crippen LogP contribution in [0.15, 0.2) is 0 Å². The third-order valence-corrected chi connectivity index (χ3v) is 13.2. The topological polar surface area (TPSA) is 40.9 Å². The second kappa shape index (κ2) is 12.3. The molecule has 2 rings (SSSR count). The van der Waals surface area contributed by atoms with Gasteiger partial charge in [-0.15, -0.1) is 8.58 Å². The van der Waals surface area contributed by atoms with E-state index in [0.29, 0.717) is 24.3 Å². The summed E-state index contributed by atoms with van der Waals surface area (Å²) < 4.78 is 21.4. The predicted molar refractivity (Wildman–Crippen MR) is 143 cm³/mol. The van der Waals surface area contributed by atoms with Gasteiger partial charge in [-0.25, -0.2) is 4.21 Å². The number of hydrogen-bond acceptors (Lipinski definition) is 2. The first kappa shape index (κ1) is 27.8. The summed E-state index contributed by atoms with van der Waals surface area (Å²) in [6.07, 6.45) is 18.0. The molecular weight excluding hydrogens is 415 g/mol. The van der Waals surface area contributed by atoms with E-state index >= 15 is 0 Å². The van der Waals surface area contributed by atoms with Gasteiger partial charge in [0.1, 0.15) is 0 Å². The third kappa shape index (κ3) is 7.77. The van der Waals surface area contributed by atoms with Crippen LogP contribution in [-0.2, 0) is 9.73 Å². The molecule has 1 aliphatic heterocycles. The van der Waals surface area contributed by atoms with Gasteiger partial charge >= 0.3 is 0 Å². The monoisotopic (exact) mass is 463 g/mol. The minimum Gasteiger partial charge on any atom is -0.253 e. The van der Waals surface area contributed by atoms with Gasteiger partial charge in [0.2, 0.25) is 0 Å². The Kier molecular flexibility index (Phi) is 11.0. The van der Waals surface area contributed by atoms with Gasteiger partial charge in [0.15, 0.2) is 0 Å². The Morgan fingerprint density at radius 2 is 1.74 bits per heavy atom. The van der Waals surface area contributed by atoms with Crippen molar-refractivity contribution >= 4 is 34.0 Å². The molecule has 1 saturated carbocycles. The van der Waals surface area contributed by atoms with E-state index in [2.05, 4.69) is 20.8 Å². The third-order valence-electron chi connectivity index (χ3n) is 8.29. The average Bonchev–Trinajstić information content (AvgIpc) is 2.65. The number of fused-ring (bicyclic) bond motifs is 2. The summed E-state index contributed by atoms with van der Waals surface area (Å²) in [6, 6.07) is 0. The summed E-state index contributed by atoms with van der Waals surface area (Å²) >= 11 is 0. The Hall–Kier alpha value is 0.510. The van der Waals surface area contributed by atoms with Crippen LogP contribution >= 0.6 is 8.58 Å². The molecule has 0 aromatic heterocycles. The van der Waals surface area contributed by atoms with Gasteiger partial charge in [-0.3, -0.25) is 4.78 Å². The molecule has 0 aromatic carbocycles. The Morgan fingerprint density at radius 3 is 2.42 bits per heavy atom. The molecule has 2 bridgehead atoms. The molecular formula is C25H48B2NOPS. The maximum atomic E-state index is 13.6. The summed E-state index contributed by atoms with van der Waals surface area (Å²) in [5.74, 6) is 1.44. The van der Waals surface area contributed by atoms with Gasteiger partial charge in [-0.2, -0.15) is 0 Å². The van der Waals surface area contributed by atoms with E-state index in [-0.39, 0.29) is 10.7 Å². The van der Waals surface area contributed by atoms with Crippen LogP contribution in [0.1, 0.15) is 111 Å². The molecule has 7 atom stereocenters. The molecule has 1 aliphatic carbocycles. The van der Waals surface area contributed by atoms with Gasteiger partial charge in [-0.1, -0.05) is 91.8 Å². The Morgan fingerprint density at radius 1 is 1.06 bits per heavy atom. The summed E-state index contributed by atoms with van der Waals surface area (Å²) in [5, 5.41) is -0.265. The van der Waals surface area contributed by atoms with Crippen LogP contribution in [-0.4, -0.2) is 41.6 Å². The van der Waals surface area contributed by atoms with Crippen molar-refractivity contribution in [2.45, 2.75) is 133 Å². The summed E-state index contributed by atoms with van der Waals surface area (Å²) in [4.78, 5) is 0. The van der Waals surface area contributed by atoms with Gasteiger partial charge in [0, 0.05) is 19.6 Å². The average molecular weight is 463 g/mol. The lowest BCUT2D eigenvalue weighted by molar-refractivity contribution is 0.127. The zero-order valence-corrected chi connectivity index (χ0v) is 22.7. The molecule has 0 spiro atoms. The minimum absolute atomic E-state index is 0.00312. The van der Waals surface area contributed by atoms with Crippen LogP contribution in [0, 0.1) is 22.0 Å². The van der Waals surface area contributed by atoms with Crippen LogP contribution < -0.4 is 0 Å². The summed E-state index contributed by atoms with van der Waals surface area (Å²) in [6.45, 7) is 8.82. The minimum atomic E-state index is -2.95. The van der Waals surface area contributed by atoms with Crippen LogP contribution in [0.2, 0.25) is 6.32 Å². The van der Waals surface area contributed by atoms with Crippen molar-refractivity contribution in [2.24, 2.45) is 17.3 Å². The van der Waals surface area contributed by atoms with Crippen molar-refractivity contribution in [3.8, 4) is 0 Å². The first-order valence-corrected chi connectivity index (χ1v) is 15.9. The molecule has 1 heterocycles. The first-order chi connectivity index (χ1) is 14.5.